The molecule has 1 fully saturated rings. The van der Waals surface area contributed by atoms with Crippen LogP contribution >= 0.6 is 0 Å². The van der Waals surface area contributed by atoms with Crippen molar-refractivity contribution < 1.29 is 22.7 Å². The summed E-state index contributed by atoms with van der Waals surface area (Å²) < 4.78 is 38.5. The first-order valence-electron chi connectivity index (χ1n) is 9.67. The van der Waals surface area contributed by atoms with Crippen molar-refractivity contribution in [1.29, 1.82) is 0 Å². The molecule has 0 atom stereocenters. The van der Waals surface area contributed by atoms with Gasteiger partial charge in [0.15, 0.2) is 0 Å². The van der Waals surface area contributed by atoms with Crippen molar-refractivity contribution in [2.45, 2.75) is 43.5 Å². The monoisotopic (exact) mass is 418 g/mol. The topological polar surface area (TPSA) is 93.7 Å². The van der Waals surface area contributed by atoms with Crippen molar-refractivity contribution in [3.05, 3.63) is 48.0 Å². The van der Waals surface area contributed by atoms with E-state index in [4.69, 9.17) is 9.47 Å². The standard InChI is InChI=1S/C21H26N2O5S/c1-3-4-12-28-20-11-10-17(27-2)14-19(20)22-21(24)15-6-5-7-18(13-15)29(25,26)23-16-8-9-16/h5-7,10-11,13-14,16,23H,3-4,8-9,12H2,1-2H3,(H,22,24). The van der Waals surface area contributed by atoms with Crippen molar-refractivity contribution in [2.75, 3.05) is 19.0 Å². The molecule has 8 heteroatoms. The molecule has 1 saturated carbocycles. The lowest BCUT2D eigenvalue weighted by molar-refractivity contribution is 0.102. The minimum absolute atomic E-state index is 0.00269. The number of unbranched alkanes of at least 4 members (excludes halogenated alkanes) is 1. The average molecular weight is 419 g/mol. The number of nitrogens with one attached hydrogen (secondary N) is 2. The van der Waals surface area contributed by atoms with Crippen LogP contribution in [0.15, 0.2) is 47.4 Å². The molecule has 7 nitrogen and oxygen atoms in total. The molecule has 2 N–H and O–H groups in total. The number of amides is 1. The van der Waals surface area contributed by atoms with Gasteiger partial charge in [0.25, 0.3) is 5.91 Å². The molecular formula is C21H26N2O5S. The quantitative estimate of drug-likeness (QED) is 0.576. The molecule has 1 aliphatic carbocycles. The summed E-state index contributed by atoms with van der Waals surface area (Å²) in [6, 6.07) is 11.2. The molecule has 0 saturated heterocycles. The Hall–Kier alpha value is -2.58. The maximum Gasteiger partial charge on any atom is 0.255 e. The summed E-state index contributed by atoms with van der Waals surface area (Å²) in [6.07, 6.45) is 3.58. The molecule has 1 amide bonds. The van der Waals surface area contributed by atoms with Crippen LogP contribution < -0.4 is 19.5 Å². The number of methoxy groups -OCH3 is 1. The van der Waals surface area contributed by atoms with Crippen molar-refractivity contribution in [3.8, 4) is 11.5 Å². The van der Waals surface area contributed by atoms with Crippen LogP contribution in [0.4, 0.5) is 5.69 Å². The van der Waals surface area contributed by atoms with Crippen LogP contribution in [-0.4, -0.2) is 34.1 Å². The molecule has 0 aliphatic heterocycles. The van der Waals surface area contributed by atoms with E-state index in [1.54, 1.807) is 37.4 Å². The number of sulfonamides is 1. The smallest absolute Gasteiger partial charge is 0.255 e. The van der Waals surface area contributed by atoms with Gasteiger partial charge >= 0.3 is 0 Å². The normalized spacial score (nSPS) is 13.7. The number of anilines is 1. The van der Waals surface area contributed by atoms with Crippen LogP contribution in [-0.2, 0) is 10.0 Å². The Morgan fingerprint density at radius 1 is 1.17 bits per heavy atom. The molecule has 1 aliphatic rings. The van der Waals surface area contributed by atoms with E-state index >= 15 is 0 Å². The van der Waals surface area contributed by atoms with Crippen LogP contribution in [0.3, 0.4) is 0 Å². The van der Waals surface area contributed by atoms with E-state index in [2.05, 4.69) is 17.0 Å². The van der Waals surface area contributed by atoms with Crippen LogP contribution in [0.2, 0.25) is 0 Å². The molecule has 0 radical (unpaired) electrons. The van der Waals surface area contributed by atoms with E-state index in [1.807, 2.05) is 0 Å². The number of hydrogen-bond acceptors (Lipinski definition) is 5. The second-order valence-electron chi connectivity index (χ2n) is 6.94. The van der Waals surface area contributed by atoms with E-state index in [-0.39, 0.29) is 16.5 Å². The van der Waals surface area contributed by atoms with E-state index in [0.29, 0.717) is 23.8 Å². The Labute approximate surface area is 171 Å². The molecule has 0 aromatic heterocycles. The van der Waals surface area contributed by atoms with Crippen molar-refractivity contribution in [1.82, 2.24) is 4.72 Å². The van der Waals surface area contributed by atoms with Gasteiger partial charge in [-0.25, -0.2) is 13.1 Å². The summed E-state index contributed by atoms with van der Waals surface area (Å²) in [7, 11) is -2.09. The zero-order chi connectivity index (χ0) is 20.9. The Bertz CT molecular complexity index is 971. The lowest BCUT2D eigenvalue weighted by atomic mass is 10.2. The predicted molar refractivity (Wildman–Crippen MR) is 111 cm³/mol. The number of hydrogen-bond donors (Lipinski definition) is 2. The van der Waals surface area contributed by atoms with Gasteiger partial charge in [-0.1, -0.05) is 19.4 Å². The minimum Gasteiger partial charge on any atom is -0.497 e. The van der Waals surface area contributed by atoms with Crippen molar-refractivity contribution in [3.63, 3.8) is 0 Å². The largest absolute Gasteiger partial charge is 0.497 e. The highest BCUT2D eigenvalue weighted by molar-refractivity contribution is 7.89. The second-order valence-corrected chi connectivity index (χ2v) is 8.66. The molecule has 2 aromatic carbocycles. The molecule has 29 heavy (non-hydrogen) atoms. The Kier molecular flexibility index (Phi) is 6.76. The van der Waals surface area contributed by atoms with E-state index < -0.39 is 15.9 Å². The third-order valence-electron chi connectivity index (χ3n) is 4.50. The predicted octanol–water partition coefficient (Wildman–Crippen LogP) is 3.57. The fraction of sp³-hybridized carbons (Fsp3) is 0.381. The Morgan fingerprint density at radius 3 is 2.66 bits per heavy atom. The van der Waals surface area contributed by atoms with Crippen LogP contribution in [0.1, 0.15) is 43.0 Å². The number of ether oxygens (including phenoxy) is 2. The van der Waals surface area contributed by atoms with Gasteiger partial charge in [0.1, 0.15) is 11.5 Å². The maximum absolute atomic E-state index is 12.8. The SMILES string of the molecule is CCCCOc1ccc(OC)cc1NC(=O)c1cccc(S(=O)(=O)NC2CC2)c1. The Morgan fingerprint density at radius 2 is 1.97 bits per heavy atom. The first-order chi connectivity index (χ1) is 13.9. The van der Waals surface area contributed by atoms with Crippen LogP contribution in [0.5, 0.6) is 11.5 Å². The van der Waals surface area contributed by atoms with Gasteiger partial charge < -0.3 is 14.8 Å². The maximum atomic E-state index is 12.8. The summed E-state index contributed by atoms with van der Waals surface area (Å²) in [5, 5.41) is 2.80. The summed E-state index contributed by atoms with van der Waals surface area (Å²) in [5.41, 5.74) is 0.709. The highest BCUT2D eigenvalue weighted by Crippen LogP contribution is 2.30. The lowest BCUT2D eigenvalue weighted by Crippen LogP contribution is -2.26. The summed E-state index contributed by atoms with van der Waals surface area (Å²) in [5.74, 6) is 0.682. The number of carbonyl (C=O) groups is 1. The van der Waals surface area contributed by atoms with E-state index in [0.717, 1.165) is 25.7 Å². The first-order valence-corrected chi connectivity index (χ1v) is 11.2. The van der Waals surface area contributed by atoms with Gasteiger partial charge in [0, 0.05) is 17.7 Å². The molecule has 0 spiro atoms. The van der Waals surface area contributed by atoms with Crippen LogP contribution in [0.25, 0.3) is 0 Å². The molecule has 0 bridgehead atoms. The molecule has 156 valence electrons. The van der Waals surface area contributed by atoms with Gasteiger partial charge in [-0.05, 0) is 49.6 Å². The third kappa shape index (κ3) is 5.71. The second kappa shape index (κ2) is 9.28. The lowest BCUT2D eigenvalue weighted by Gasteiger charge is -2.14. The minimum atomic E-state index is -3.63. The summed E-state index contributed by atoms with van der Waals surface area (Å²) in [4.78, 5) is 12.9. The third-order valence-corrected chi connectivity index (χ3v) is 6.01. The van der Waals surface area contributed by atoms with Crippen LogP contribution in [0, 0.1) is 0 Å². The number of carbonyl (C=O) groups excluding carboxylic acids is 1. The fourth-order valence-corrected chi connectivity index (χ4v) is 4.02. The molecule has 0 heterocycles. The fourth-order valence-electron chi connectivity index (χ4n) is 2.67. The summed E-state index contributed by atoms with van der Waals surface area (Å²) in [6.45, 7) is 2.60. The molecule has 2 aromatic rings. The van der Waals surface area contributed by atoms with E-state index in [9.17, 15) is 13.2 Å². The molecular weight excluding hydrogens is 392 g/mol. The molecule has 3 rings (SSSR count). The number of rotatable bonds is 10. The average Bonchev–Trinajstić information content (AvgIpc) is 3.52. The highest BCUT2D eigenvalue weighted by Gasteiger charge is 2.28. The number of benzene rings is 2. The van der Waals surface area contributed by atoms with Gasteiger partial charge in [0.05, 0.1) is 24.3 Å². The van der Waals surface area contributed by atoms with Crippen molar-refractivity contribution >= 4 is 21.6 Å². The van der Waals surface area contributed by atoms with E-state index in [1.165, 1.54) is 12.1 Å². The highest BCUT2D eigenvalue weighted by atomic mass is 32.2. The first kappa shape index (κ1) is 21.1. The zero-order valence-corrected chi connectivity index (χ0v) is 17.4. The Balaban J connectivity index is 1.80. The van der Waals surface area contributed by atoms with Gasteiger partial charge in [-0.15, -0.1) is 0 Å². The van der Waals surface area contributed by atoms with Gasteiger partial charge in [-0.2, -0.15) is 0 Å². The molecule has 0 unspecified atom stereocenters. The van der Waals surface area contributed by atoms with Gasteiger partial charge in [0.2, 0.25) is 10.0 Å². The van der Waals surface area contributed by atoms with Crippen molar-refractivity contribution in [2.24, 2.45) is 0 Å². The summed E-state index contributed by atoms with van der Waals surface area (Å²) >= 11 is 0. The zero-order valence-electron chi connectivity index (χ0n) is 16.6. The van der Waals surface area contributed by atoms with Gasteiger partial charge in [-0.3, -0.25) is 4.79 Å².